The third kappa shape index (κ3) is 2.57. The molecule has 0 heterocycles. The molecule has 1 aromatic carbocycles. The summed E-state index contributed by atoms with van der Waals surface area (Å²) in [5.74, 6) is 0.542. The predicted molar refractivity (Wildman–Crippen MR) is 64.5 cm³/mol. The van der Waals surface area contributed by atoms with Crippen LogP contribution in [0.3, 0.4) is 0 Å². The van der Waals surface area contributed by atoms with Gasteiger partial charge in [-0.25, -0.2) is 0 Å². The highest BCUT2D eigenvalue weighted by atomic mass is 79.9. The monoisotopic (exact) mass is 354 g/mol. The van der Waals surface area contributed by atoms with Gasteiger partial charge < -0.3 is 0 Å². The van der Waals surface area contributed by atoms with Crippen molar-refractivity contribution in [2.45, 2.75) is 5.92 Å². The molecule has 12 heavy (non-hydrogen) atoms. The highest BCUT2D eigenvalue weighted by Gasteiger charge is 2.10. The maximum absolute atomic E-state index is 3.54. The first-order valence-corrected chi connectivity index (χ1v) is 6.69. The van der Waals surface area contributed by atoms with Crippen molar-refractivity contribution in [3.8, 4) is 0 Å². The first-order valence-electron chi connectivity index (χ1n) is 3.66. The van der Waals surface area contributed by atoms with Crippen molar-refractivity contribution >= 4 is 47.8 Å². The molecule has 66 valence electrons. The maximum Gasteiger partial charge on any atom is 0.0210 e. The average molecular weight is 357 g/mol. The van der Waals surface area contributed by atoms with Crippen molar-refractivity contribution in [2.75, 3.05) is 10.7 Å². The highest BCUT2D eigenvalue weighted by molar-refractivity contribution is 9.10. The van der Waals surface area contributed by atoms with E-state index in [4.69, 9.17) is 0 Å². The fourth-order valence-electron chi connectivity index (χ4n) is 1.01. The lowest BCUT2D eigenvalue weighted by atomic mass is 10.0. The molecule has 0 amide bonds. The van der Waals surface area contributed by atoms with Crippen LogP contribution in [0.5, 0.6) is 0 Å². The Labute approximate surface area is 98.1 Å². The number of hydrogen-bond acceptors (Lipinski definition) is 0. The number of benzene rings is 1. The SMILES string of the molecule is BrCC(CBr)c1ccccc1Br. The minimum Gasteiger partial charge on any atom is -0.0921 e. The Balaban J connectivity index is 2.92. The van der Waals surface area contributed by atoms with Crippen molar-refractivity contribution in [3.63, 3.8) is 0 Å². The van der Waals surface area contributed by atoms with Crippen LogP contribution in [0.1, 0.15) is 11.5 Å². The first-order chi connectivity index (χ1) is 5.79. The summed E-state index contributed by atoms with van der Waals surface area (Å²) < 4.78 is 1.19. The minimum atomic E-state index is 0.542. The van der Waals surface area contributed by atoms with Gasteiger partial charge in [0.15, 0.2) is 0 Å². The normalized spacial score (nSPS) is 10.7. The van der Waals surface area contributed by atoms with E-state index in [1.807, 2.05) is 6.07 Å². The van der Waals surface area contributed by atoms with Gasteiger partial charge >= 0.3 is 0 Å². The molecule has 0 atom stereocenters. The first kappa shape index (κ1) is 10.7. The Morgan fingerprint density at radius 3 is 2.17 bits per heavy atom. The largest absolute Gasteiger partial charge is 0.0921 e. The van der Waals surface area contributed by atoms with Crippen LogP contribution in [0.4, 0.5) is 0 Å². The molecule has 0 fully saturated rings. The van der Waals surface area contributed by atoms with Crippen molar-refractivity contribution in [2.24, 2.45) is 0 Å². The van der Waals surface area contributed by atoms with E-state index in [-0.39, 0.29) is 0 Å². The zero-order valence-corrected chi connectivity index (χ0v) is 11.2. The van der Waals surface area contributed by atoms with Crippen molar-refractivity contribution in [3.05, 3.63) is 34.3 Å². The Morgan fingerprint density at radius 1 is 1.08 bits per heavy atom. The van der Waals surface area contributed by atoms with Gasteiger partial charge in [-0.3, -0.25) is 0 Å². The van der Waals surface area contributed by atoms with Crippen LogP contribution in [0.15, 0.2) is 28.7 Å². The number of rotatable bonds is 3. The Kier molecular flexibility index (Phi) is 4.84. The van der Waals surface area contributed by atoms with Crippen LogP contribution in [-0.4, -0.2) is 10.7 Å². The average Bonchev–Trinajstić information content (AvgIpc) is 2.10. The summed E-state index contributed by atoms with van der Waals surface area (Å²) >= 11 is 10.5. The molecule has 0 unspecified atom stereocenters. The molecule has 0 aliphatic rings. The zero-order chi connectivity index (χ0) is 8.97. The van der Waals surface area contributed by atoms with Gasteiger partial charge in [-0.1, -0.05) is 66.0 Å². The number of halogens is 3. The van der Waals surface area contributed by atoms with Gasteiger partial charge in [-0.15, -0.1) is 0 Å². The second kappa shape index (κ2) is 5.40. The lowest BCUT2D eigenvalue weighted by molar-refractivity contribution is 0.903. The summed E-state index contributed by atoms with van der Waals surface area (Å²) in [6.07, 6.45) is 0. The number of alkyl halides is 2. The topological polar surface area (TPSA) is 0 Å². The molecule has 3 heteroatoms. The van der Waals surface area contributed by atoms with Gasteiger partial charge in [0.05, 0.1) is 0 Å². The van der Waals surface area contributed by atoms with E-state index >= 15 is 0 Å². The minimum absolute atomic E-state index is 0.542. The summed E-state index contributed by atoms with van der Waals surface area (Å²) in [6, 6.07) is 8.33. The Morgan fingerprint density at radius 2 is 1.67 bits per heavy atom. The standard InChI is InChI=1S/C9H9Br3/c10-5-7(6-11)8-3-1-2-4-9(8)12/h1-4,7H,5-6H2. The van der Waals surface area contributed by atoms with Crippen LogP contribution in [0.25, 0.3) is 0 Å². The van der Waals surface area contributed by atoms with Crippen LogP contribution in [0, 0.1) is 0 Å². The smallest absolute Gasteiger partial charge is 0.0210 e. The van der Waals surface area contributed by atoms with Gasteiger partial charge in [-0.2, -0.15) is 0 Å². The molecule has 0 spiro atoms. The van der Waals surface area contributed by atoms with Crippen LogP contribution in [-0.2, 0) is 0 Å². The van der Waals surface area contributed by atoms with Crippen molar-refractivity contribution in [1.29, 1.82) is 0 Å². The molecule has 0 saturated heterocycles. The molecule has 0 N–H and O–H groups in total. The van der Waals surface area contributed by atoms with Gasteiger partial charge in [0, 0.05) is 21.1 Å². The fourth-order valence-corrected chi connectivity index (χ4v) is 3.39. The van der Waals surface area contributed by atoms with Crippen LogP contribution in [0.2, 0.25) is 0 Å². The van der Waals surface area contributed by atoms with E-state index in [1.165, 1.54) is 10.0 Å². The fraction of sp³-hybridized carbons (Fsp3) is 0.333. The molecular formula is C9H9Br3. The second-order valence-corrected chi connectivity index (χ2v) is 4.68. The summed E-state index contributed by atoms with van der Waals surface area (Å²) in [6.45, 7) is 0. The van der Waals surface area contributed by atoms with E-state index in [9.17, 15) is 0 Å². The van der Waals surface area contributed by atoms with Crippen molar-refractivity contribution in [1.82, 2.24) is 0 Å². The molecule has 0 aromatic heterocycles. The molecule has 0 aliphatic carbocycles. The van der Waals surface area contributed by atoms with E-state index < -0.39 is 0 Å². The van der Waals surface area contributed by atoms with Gasteiger partial charge in [-0.05, 0) is 11.6 Å². The lowest BCUT2D eigenvalue weighted by Gasteiger charge is -2.12. The molecular weight excluding hydrogens is 348 g/mol. The van der Waals surface area contributed by atoms with Gasteiger partial charge in [0.25, 0.3) is 0 Å². The van der Waals surface area contributed by atoms with Crippen LogP contribution < -0.4 is 0 Å². The third-order valence-electron chi connectivity index (χ3n) is 1.72. The van der Waals surface area contributed by atoms with E-state index in [2.05, 4.69) is 66.0 Å². The Hall–Kier alpha value is 0.660. The predicted octanol–water partition coefficient (Wildman–Crippen LogP) is 4.32. The summed E-state index contributed by atoms with van der Waals surface area (Å²) in [5, 5.41) is 1.97. The molecule has 0 bridgehead atoms. The number of hydrogen-bond donors (Lipinski definition) is 0. The van der Waals surface area contributed by atoms with E-state index in [0.717, 1.165) is 10.7 Å². The molecule has 0 radical (unpaired) electrons. The Bertz CT molecular complexity index is 243. The second-order valence-electron chi connectivity index (χ2n) is 2.53. The van der Waals surface area contributed by atoms with E-state index in [0.29, 0.717) is 5.92 Å². The quantitative estimate of drug-likeness (QED) is 0.707. The summed E-state index contributed by atoms with van der Waals surface area (Å²) in [5.41, 5.74) is 1.35. The molecule has 0 saturated carbocycles. The highest BCUT2D eigenvalue weighted by Crippen LogP contribution is 2.27. The van der Waals surface area contributed by atoms with Crippen molar-refractivity contribution < 1.29 is 0 Å². The van der Waals surface area contributed by atoms with E-state index in [1.54, 1.807) is 0 Å². The van der Waals surface area contributed by atoms with Crippen LogP contribution >= 0.6 is 47.8 Å². The molecule has 1 aromatic rings. The maximum atomic E-state index is 3.54. The molecule has 0 aliphatic heterocycles. The third-order valence-corrected chi connectivity index (χ3v) is 4.00. The van der Waals surface area contributed by atoms with Gasteiger partial charge in [0.2, 0.25) is 0 Å². The zero-order valence-electron chi connectivity index (χ0n) is 6.43. The molecule has 0 nitrogen and oxygen atoms in total. The molecule has 1 rings (SSSR count). The summed E-state index contributed by atoms with van der Waals surface area (Å²) in [4.78, 5) is 0. The lowest BCUT2D eigenvalue weighted by Crippen LogP contribution is -2.01. The summed E-state index contributed by atoms with van der Waals surface area (Å²) in [7, 11) is 0. The van der Waals surface area contributed by atoms with Gasteiger partial charge in [0.1, 0.15) is 0 Å².